The van der Waals surface area contributed by atoms with E-state index in [1.54, 1.807) is 0 Å². The van der Waals surface area contributed by atoms with Crippen molar-refractivity contribution in [2.75, 3.05) is 5.32 Å². The van der Waals surface area contributed by atoms with Gasteiger partial charge in [0.25, 0.3) is 0 Å². The van der Waals surface area contributed by atoms with E-state index < -0.39 is 0 Å². The maximum Gasteiger partial charge on any atom is 0.165 e. The standard InChI is InChI=1S/C19H15ClN4/c1-13-11-18(23-16-5-3-2-4-6-16)24-19(22-13)17(12-21-24)14-7-9-15(20)10-8-14/h2-12,23H,1H3. The topological polar surface area (TPSA) is 42.2 Å². The van der Waals surface area contributed by atoms with E-state index in [4.69, 9.17) is 11.6 Å². The molecule has 2 aromatic heterocycles. The van der Waals surface area contributed by atoms with Gasteiger partial charge in [0, 0.05) is 28.0 Å². The molecule has 0 fully saturated rings. The van der Waals surface area contributed by atoms with Crippen molar-refractivity contribution < 1.29 is 0 Å². The minimum Gasteiger partial charge on any atom is -0.340 e. The number of anilines is 2. The number of aromatic nitrogens is 3. The van der Waals surface area contributed by atoms with Crippen molar-refractivity contribution in [1.82, 2.24) is 14.6 Å². The van der Waals surface area contributed by atoms with Gasteiger partial charge in [-0.2, -0.15) is 9.61 Å². The Bertz CT molecular complexity index is 991. The molecule has 0 aliphatic carbocycles. The van der Waals surface area contributed by atoms with E-state index in [0.717, 1.165) is 34.0 Å². The highest BCUT2D eigenvalue weighted by Crippen LogP contribution is 2.27. The molecular formula is C19H15ClN4. The molecule has 0 spiro atoms. The fourth-order valence-corrected chi connectivity index (χ4v) is 2.80. The summed E-state index contributed by atoms with van der Waals surface area (Å²) < 4.78 is 1.82. The Kier molecular flexibility index (Phi) is 3.67. The molecule has 0 amide bonds. The zero-order chi connectivity index (χ0) is 16.5. The maximum absolute atomic E-state index is 5.99. The third-order valence-corrected chi connectivity index (χ3v) is 4.05. The lowest BCUT2D eigenvalue weighted by Gasteiger charge is -2.09. The largest absolute Gasteiger partial charge is 0.340 e. The van der Waals surface area contributed by atoms with E-state index in [2.05, 4.69) is 15.4 Å². The molecule has 0 radical (unpaired) electrons. The number of nitrogens with zero attached hydrogens (tertiary/aromatic N) is 3. The average molecular weight is 335 g/mol. The summed E-state index contributed by atoms with van der Waals surface area (Å²) in [5.41, 5.74) is 4.77. The molecule has 0 unspecified atom stereocenters. The highest BCUT2D eigenvalue weighted by atomic mass is 35.5. The molecule has 118 valence electrons. The first-order chi connectivity index (χ1) is 11.7. The van der Waals surface area contributed by atoms with Gasteiger partial charge < -0.3 is 5.32 Å². The number of rotatable bonds is 3. The quantitative estimate of drug-likeness (QED) is 0.566. The molecule has 24 heavy (non-hydrogen) atoms. The van der Waals surface area contributed by atoms with Crippen LogP contribution in [0.15, 0.2) is 66.9 Å². The number of fused-ring (bicyclic) bond motifs is 1. The smallest absolute Gasteiger partial charge is 0.165 e. The summed E-state index contributed by atoms with van der Waals surface area (Å²) in [5, 5.41) is 8.63. The van der Waals surface area contributed by atoms with Crippen LogP contribution in [-0.4, -0.2) is 14.6 Å². The molecule has 2 heterocycles. The molecule has 0 bridgehead atoms. The number of benzene rings is 2. The third-order valence-electron chi connectivity index (χ3n) is 3.80. The predicted octanol–water partition coefficient (Wildman–Crippen LogP) is 5.10. The van der Waals surface area contributed by atoms with Crippen molar-refractivity contribution in [3.8, 4) is 11.1 Å². The zero-order valence-corrected chi connectivity index (χ0v) is 13.8. The first-order valence-corrected chi connectivity index (χ1v) is 8.02. The lowest BCUT2D eigenvalue weighted by molar-refractivity contribution is 0.938. The molecule has 2 aromatic carbocycles. The minimum atomic E-state index is 0.714. The molecule has 1 N–H and O–H groups in total. The molecule has 4 aromatic rings. The van der Waals surface area contributed by atoms with Crippen molar-refractivity contribution in [3.63, 3.8) is 0 Å². The van der Waals surface area contributed by atoms with Crippen molar-refractivity contribution in [1.29, 1.82) is 0 Å². The van der Waals surface area contributed by atoms with Gasteiger partial charge in [0.15, 0.2) is 5.65 Å². The molecule has 4 nitrogen and oxygen atoms in total. The summed E-state index contributed by atoms with van der Waals surface area (Å²) in [5.74, 6) is 0.879. The summed E-state index contributed by atoms with van der Waals surface area (Å²) >= 11 is 5.99. The number of aryl methyl sites for hydroxylation is 1. The molecule has 0 saturated heterocycles. The number of halogens is 1. The van der Waals surface area contributed by atoms with Gasteiger partial charge in [-0.25, -0.2) is 4.98 Å². The van der Waals surface area contributed by atoms with Gasteiger partial charge in [0.2, 0.25) is 0 Å². The van der Waals surface area contributed by atoms with E-state index in [9.17, 15) is 0 Å². The highest BCUT2D eigenvalue weighted by Gasteiger charge is 2.12. The first kappa shape index (κ1) is 14.7. The molecule has 0 aliphatic heterocycles. The SMILES string of the molecule is Cc1cc(Nc2ccccc2)n2ncc(-c3ccc(Cl)cc3)c2n1. The van der Waals surface area contributed by atoms with Gasteiger partial charge in [-0.1, -0.05) is 41.9 Å². The van der Waals surface area contributed by atoms with Crippen LogP contribution >= 0.6 is 11.6 Å². The molecular weight excluding hydrogens is 320 g/mol. The van der Waals surface area contributed by atoms with Crippen LogP contribution in [0.5, 0.6) is 0 Å². The summed E-state index contributed by atoms with van der Waals surface area (Å²) in [7, 11) is 0. The summed E-state index contributed by atoms with van der Waals surface area (Å²) in [6.45, 7) is 1.98. The fraction of sp³-hybridized carbons (Fsp3) is 0.0526. The highest BCUT2D eigenvalue weighted by molar-refractivity contribution is 6.30. The van der Waals surface area contributed by atoms with Gasteiger partial charge in [-0.15, -0.1) is 0 Å². The Morgan fingerprint density at radius 3 is 2.50 bits per heavy atom. The van der Waals surface area contributed by atoms with Crippen LogP contribution in [0.4, 0.5) is 11.5 Å². The van der Waals surface area contributed by atoms with Gasteiger partial charge in [0.1, 0.15) is 5.82 Å². The van der Waals surface area contributed by atoms with Crippen LogP contribution in [0.1, 0.15) is 5.69 Å². The molecule has 0 atom stereocenters. The summed E-state index contributed by atoms with van der Waals surface area (Å²) in [4.78, 5) is 4.66. The van der Waals surface area contributed by atoms with Crippen LogP contribution < -0.4 is 5.32 Å². The summed E-state index contributed by atoms with van der Waals surface area (Å²) in [6, 6.07) is 19.7. The van der Waals surface area contributed by atoms with Crippen molar-refractivity contribution >= 4 is 28.8 Å². The number of hydrogen-bond acceptors (Lipinski definition) is 3. The predicted molar refractivity (Wildman–Crippen MR) is 97.9 cm³/mol. The van der Waals surface area contributed by atoms with Crippen LogP contribution in [-0.2, 0) is 0 Å². The molecule has 0 saturated carbocycles. The van der Waals surface area contributed by atoms with Crippen LogP contribution in [0, 0.1) is 6.92 Å². The Balaban J connectivity index is 1.84. The number of hydrogen-bond donors (Lipinski definition) is 1. The van der Waals surface area contributed by atoms with Crippen LogP contribution in [0.3, 0.4) is 0 Å². The fourth-order valence-electron chi connectivity index (χ4n) is 2.68. The first-order valence-electron chi connectivity index (χ1n) is 7.64. The maximum atomic E-state index is 5.99. The number of para-hydroxylation sites is 1. The second kappa shape index (κ2) is 5.98. The lowest BCUT2D eigenvalue weighted by Crippen LogP contribution is -2.02. The lowest BCUT2D eigenvalue weighted by atomic mass is 10.1. The average Bonchev–Trinajstić information content (AvgIpc) is 3.00. The van der Waals surface area contributed by atoms with Crippen molar-refractivity contribution in [2.24, 2.45) is 0 Å². The van der Waals surface area contributed by atoms with Crippen molar-refractivity contribution in [2.45, 2.75) is 6.92 Å². The summed E-state index contributed by atoms with van der Waals surface area (Å²) in [6.07, 6.45) is 1.83. The Morgan fingerprint density at radius 2 is 1.75 bits per heavy atom. The van der Waals surface area contributed by atoms with Gasteiger partial charge >= 0.3 is 0 Å². The van der Waals surface area contributed by atoms with Gasteiger partial charge in [-0.3, -0.25) is 0 Å². The van der Waals surface area contributed by atoms with E-state index in [1.165, 1.54) is 0 Å². The molecule has 5 heteroatoms. The van der Waals surface area contributed by atoms with Crippen LogP contribution in [0.25, 0.3) is 16.8 Å². The second-order valence-corrected chi connectivity index (χ2v) is 6.01. The zero-order valence-electron chi connectivity index (χ0n) is 13.1. The second-order valence-electron chi connectivity index (χ2n) is 5.57. The van der Waals surface area contributed by atoms with Gasteiger partial charge in [-0.05, 0) is 36.8 Å². The Labute approximate surface area is 144 Å². The van der Waals surface area contributed by atoms with E-state index in [-0.39, 0.29) is 0 Å². The van der Waals surface area contributed by atoms with Crippen LogP contribution in [0.2, 0.25) is 5.02 Å². The van der Waals surface area contributed by atoms with E-state index in [1.807, 2.05) is 78.3 Å². The van der Waals surface area contributed by atoms with Crippen molar-refractivity contribution in [3.05, 3.63) is 77.6 Å². The molecule has 0 aliphatic rings. The monoisotopic (exact) mass is 334 g/mol. The number of nitrogens with one attached hydrogen (secondary N) is 1. The molecule has 4 rings (SSSR count). The Hall–Kier alpha value is -2.85. The third kappa shape index (κ3) is 2.72. The van der Waals surface area contributed by atoms with E-state index in [0.29, 0.717) is 5.02 Å². The van der Waals surface area contributed by atoms with Gasteiger partial charge in [0.05, 0.1) is 6.20 Å². The van der Waals surface area contributed by atoms with E-state index >= 15 is 0 Å². The minimum absolute atomic E-state index is 0.714. The normalized spacial score (nSPS) is 10.9. The Morgan fingerprint density at radius 1 is 1.00 bits per heavy atom.